The number of nitrogens with one attached hydrogen (secondary N) is 2. The number of aliphatic carboxylic acids is 1. The molecule has 6 heteroatoms. The van der Waals surface area contributed by atoms with Crippen LogP contribution in [0.15, 0.2) is 108 Å². The fourth-order valence-corrected chi connectivity index (χ4v) is 5.43. The lowest BCUT2D eigenvalue weighted by atomic mass is 9.84. The molecule has 0 saturated heterocycles. The van der Waals surface area contributed by atoms with Gasteiger partial charge in [0.2, 0.25) is 0 Å². The number of hydrogen-bond acceptors (Lipinski definition) is 4. The largest absolute Gasteiger partial charge is 0.479 e. The Labute approximate surface area is 198 Å². The number of aliphatic imine (C=N–C) groups is 1. The molecule has 4 rings (SSSR count). The van der Waals surface area contributed by atoms with Gasteiger partial charge < -0.3 is 15.7 Å². The van der Waals surface area contributed by atoms with E-state index in [1.807, 2.05) is 18.2 Å². The predicted octanol–water partition coefficient (Wildman–Crippen LogP) is 4.62. The van der Waals surface area contributed by atoms with Gasteiger partial charge in [0.05, 0.1) is 11.3 Å². The maximum absolute atomic E-state index is 11.8. The van der Waals surface area contributed by atoms with Crippen LogP contribution in [0.3, 0.4) is 0 Å². The lowest BCUT2D eigenvalue weighted by Crippen LogP contribution is -2.60. The van der Waals surface area contributed by atoms with Crippen molar-refractivity contribution < 1.29 is 9.90 Å². The van der Waals surface area contributed by atoms with Crippen molar-refractivity contribution in [2.45, 2.75) is 17.2 Å². The van der Waals surface area contributed by atoms with E-state index in [0.29, 0.717) is 18.1 Å². The first-order valence-corrected chi connectivity index (χ1v) is 11.8. The Bertz CT molecular complexity index is 1040. The van der Waals surface area contributed by atoms with Gasteiger partial charge in [0.25, 0.3) is 0 Å². The average molecular weight is 458 g/mol. The number of thioether (sulfide) groups is 1. The smallest absolute Gasteiger partial charge is 0.337 e. The van der Waals surface area contributed by atoms with Gasteiger partial charge in [-0.1, -0.05) is 91.0 Å². The molecule has 3 aromatic carbocycles. The standard InChI is InChI=1S/C27H27N3O2S/c1-26(25(31)32)24(28-17-18-30-26)29-19-20-33-27(21-11-5-2-6-12-21,22-13-7-3-8-14-22)23-15-9-4-10-16-23/h2-18,30H,19-20H2,1H3,(H,28,29)(H,31,32). The lowest BCUT2D eigenvalue weighted by Gasteiger charge is -2.35. The fourth-order valence-electron chi connectivity index (χ4n) is 4.03. The van der Waals surface area contributed by atoms with E-state index in [1.165, 1.54) is 16.7 Å². The van der Waals surface area contributed by atoms with Crippen molar-refractivity contribution in [3.05, 3.63) is 120 Å². The summed E-state index contributed by atoms with van der Waals surface area (Å²) in [5.74, 6) is 0.129. The van der Waals surface area contributed by atoms with E-state index in [4.69, 9.17) is 0 Å². The van der Waals surface area contributed by atoms with Gasteiger partial charge in [-0.3, -0.25) is 4.99 Å². The summed E-state index contributed by atoms with van der Waals surface area (Å²) in [7, 11) is 0. The second-order valence-electron chi connectivity index (χ2n) is 7.91. The van der Waals surface area contributed by atoms with Crippen LogP contribution in [0.5, 0.6) is 0 Å². The minimum Gasteiger partial charge on any atom is -0.479 e. The molecule has 168 valence electrons. The summed E-state index contributed by atoms with van der Waals surface area (Å²) in [6.07, 6.45) is 3.26. The minimum absolute atomic E-state index is 0.405. The summed E-state index contributed by atoms with van der Waals surface area (Å²) >= 11 is 1.80. The number of hydrogen-bond donors (Lipinski definition) is 3. The normalized spacial score (nSPS) is 19.0. The van der Waals surface area contributed by atoms with E-state index < -0.39 is 16.3 Å². The first-order chi connectivity index (χ1) is 16.1. The Morgan fingerprint density at radius 3 is 1.82 bits per heavy atom. The Morgan fingerprint density at radius 2 is 1.36 bits per heavy atom. The van der Waals surface area contributed by atoms with E-state index in [2.05, 4.69) is 88.4 Å². The molecule has 0 radical (unpaired) electrons. The zero-order chi connectivity index (χ0) is 23.2. The van der Waals surface area contributed by atoms with Crippen LogP contribution in [0.4, 0.5) is 0 Å². The highest BCUT2D eigenvalue weighted by Crippen LogP contribution is 2.48. The lowest BCUT2D eigenvalue weighted by molar-refractivity contribution is -0.141. The summed E-state index contributed by atoms with van der Waals surface area (Å²) < 4.78 is -0.418. The SMILES string of the molecule is CC1(C(=O)O)NC=CNC1=NCCSC(c1ccccc1)(c1ccccc1)c1ccccc1. The Kier molecular flexibility index (Phi) is 6.84. The predicted molar refractivity (Wildman–Crippen MR) is 135 cm³/mol. The first-order valence-electron chi connectivity index (χ1n) is 10.9. The molecule has 33 heavy (non-hydrogen) atoms. The molecule has 3 aromatic rings. The van der Waals surface area contributed by atoms with Crippen LogP contribution in [0.1, 0.15) is 23.6 Å². The zero-order valence-electron chi connectivity index (χ0n) is 18.4. The van der Waals surface area contributed by atoms with Crippen molar-refractivity contribution in [2.75, 3.05) is 12.3 Å². The molecule has 0 saturated carbocycles. The number of carbonyl (C=O) groups is 1. The molecule has 0 bridgehead atoms. The number of amidine groups is 1. The topological polar surface area (TPSA) is 73.7 Å². The van der Waals surface area contributed by atoms with Gasteiger partial charge in [-0.25, -0.2) is 4.79 Å². The number of nitrogens with zero attached hydrogens (tertiary/aromatic N) is 1. The van der Waals surface area contributed by atoms with Crippen LogP contribution < -0.4 is 10.6 Å². The van der Waals surface area contributed by atoms with Crippen molar-refractivity contribution in [3.8, 4) is 0 Å². The van der Waals surface area contributed by atoms with Gasteiger partial charge in [-0.15, -0.1) is 11.8 Å². The summed E-state index contributed by atoms with van der Waals surface area (Å²) in [4.78, 5) is 16.4. The van der Waals surface area contributed by atoms with Crippen LogP contribution in [-0.4, -0.2) is 34.7 Å². The molecule has 0 spiro atoms. The molecular formula is C27H27N3O2S. The van der Waals surface area contributed by atoms with Crippen LogP contribution >= 0.6 is 11.8 Å². The van der Waals surface area contributed by atoms with Gasteiger partial charge in [0.15, 0.2) is 5.54 Å². The molecule has 5 nitrogen and oxygen atoms in total. The van der Waals surface area contributed by atoms with Gasteiger partial charge in [0, 0.05) is 18.2 Å². The average Bonchev–Trinajstić information content (AvgIpc) is 2.87. The molecule has 1 aliphatic rings. The molecular weight excluding hydrogens is 430 g/mol. The molecule has 0 aromatic heterocycles. The van der Waals surface area contributed by atoms with Crippen molar-refractivity contribution in [3.63, 3.8) is 0 Å². The van der Waals surface area contributed by atoms with E-state index in [-0.39, 0.29) is 0 Å². The molecule has 3 N–H and O–H groups in total. The second kappa shape index (κ2) is 9.96. The molecule has 0 fully saturated rings. The van der Waals surface area contributed by atoms with Crippen LogP contribution in [-0.2, 0) is 9.54 Å². The van der Waals surface area contributed by atoms with Gasteiger partial charge >= 0.3 is 5.97 Å². The van der Waals surface area contributed by atoms with E-state index >= 15 is 0 Å². The summed E-state index contributed by atoms with van der Waals surface area (Å²) in [5.41, 5.74) is 2.30. The van der Waals surface area contributed by atoms with Crippen molar-refractivity contribution in [1.82, 2.24) is 10.6 Å². The highest BCUT2D eigenvalue weighted by atomic mass is 32.2. The van der Waals surface area contributed by atoms with E-state index in [0.717, 1.165) is 0 Å². The van der Waals surface area contributed by atoms with Crippen LogP contribution in [0.25, 0.3) is 0 Å². The van der Waals surface area contributed by atoms with Crippen LogP contribution in [0.2, 0.25) is 0 Å². The van der Waals surface area contributed by atoms with E-state index in [1.54, 1.807) is 31.1 Å². The maximum Gasteiger partial charge on any atom is 0.337 e. The number of carboxylic acids is 1. The second-order valence-corrected chi connectivity index (χ2v) is 9.22. The highest BCUT2D eigenvalue weighted by Gasteiger charge is 2.40. The Hall–Kier alpha value is -3.51. The molecule has 1 aliphatic heterocycles. The quantitative estimate of drug-likeness (QED) is 0.340. The van der Waals surface area contributed by atoms with E-state index in [9.17, 15) is 9.90 Å². The summed E-state index contributed by atoms with van der Waals surface area (Å²) in [6.45, 7) is 2.08. The fraction of sp³-hybridized carbons (Fsp3) is 0.185. The summed E-state index contributed by atoms with van der Waals surface area (Å²) in [6, 6.07) is 31.5. The molecule has 1 atom stereocenters. The molecule has 0 amide bonds. The first kappa shape index (κ1) is 22.7. The third kappa shape index (κ3) is 4.52. The molecule has 1 unspecified atom stereocenters. The van der Waals surface area contributed by atoms with Gasteiger partial charge in [-0.2, -0.15) is 0 Å². The van der Waals surface area contributed by atoms with Gasteiger partial charge in [-0.05, 0) is 23.6 Å². The van der Waals surface area contributed by atoms with Gasteiger partial charge in [0.1, 0.15) is 5.84 Å². The molecule has 0 aliphatic carbocycles. The maximum atomic E-state index is 11.8. The summed E-state index contributed by atoms with van der Waals surface area (Å²) in [5, 5.41) is 15.6. The Balaban J connectivity index is 1.69. The third-order valence-electron chi connectivity index (χ3n) is 5.80. The third-order valence-corrected chi connectivity index (χ3v) is 7.32. The number of carboxylic acid groups (broad SMARTS) is 1. The van der Waals surface area contributed by atoms with Crippen molar-refractivity contribution in [2.24, 2.45) is 4.99 Å². The highest BCUT2D eigenvalue weighted by molar-refractivity contribution is 8.00. The zero-order valence-corrected chi connectivity index (χ0v) is 19.3. The van der Waals surface area contributed by atoms with Crippen molar-refractivity contribution in [1.29, 1.82) is 0 Å². The monoisotopic (exact) mass is 457 g/mol. The Morgan fingerprint density at radius 1 is 0.879 bits per heavy atom. The molecule has 1 heterocycles. The number of benzene rings is 3. The number of rotatable bonds is 8. The van der Waals surface area contributed by atoms with Crippen molar-refractivity contribution >= 4 is 23.6 Å². The van der Waals surface area contributed by atoms with Crippen LogP contribution in [0, 0.1) is 0 Å². The minimum atomic E-state index is -1.27.